The van der Waals surface area contributed by atoms with E-state index >= 15 is 0 Å². The fourth-order valence-corrected chi connectivity index (χ4v) is 5.62. The Balaban J connectivity index is 2.10. The molecule has 90 valence electrons. The second kappa shape index (κ2) is 2.91. The number of carbonyl (C=O) groups is 1. The Bertz CT molecular complexity index is 343. The number of hydrogen-bond donors (Lipinski definition) is 0. The van der Waals surface area contributed by atoms with Crippen LogP contribution < -0.4 is 0 Å². The number of rotatable bonds is 0. The predicted octanol–water partition coefficient (Wildman–Crippen LogP) is 3.67. The van der Waals surface area contributed by atoms with Crippen molar-refractivity contribution in [3.8, 4) is 0 Å². The lowest BCUT2D eigenvalue weighted by atomic mass is 9.65. The number of Topliss-reactive ketones (excluding diaryl/α,β-unsaturated/α-hetero) is 1. The van der Waals surface area contributed by atoms with Crippen LogP contribution in [-0.4, -0.2) is 5.78 Å². The van der Waals surface area contributed by atoms with Gasteiger partial charge in [-0.1, -0.05) is 27.7 Å². The summed E-state index contributed by atoms with van der Waals surface area (Å²) < 4.78 is 0. The first-order valence-electron chi connectivity index (χ1n) is 6.92. The van der Waals surface area contributed by atoms with Crippen molar-refractivity contribution >= 4 is 5.78 Å². The van der Waals surface area contributed by atoms with Gasteiger partial charge in [-0.2, -0.15) is 0 Å². The van der Waals surface area contributed by atoms with Crippen molar-refractivity contribution in [1.29, 1.82) is 0 Å². The first-order chi connectivity index (χ1) is 7.39. The maximum Gasteiger partial charge on any atom is 0.136 e. The van der Waals surface area contributed by atoms with Crippen molar-refractivity contribution in [1.82, 2.24) is 0 Å². The van der Waals surface area contributed by atoms with Gasteiger partial charge in [-0.05, 0) is 47.8 Å². The van der Waals surface area contributed by atoms with Crippen LogP contribution in [0.4, 0.5) is 0 Å². The topological polar surface area (TPSA) is 17.1 Å². The van der Waals surface area contributed by atoms with Gasteiger partial charge in [0, 0.05) is 12.3 Å². The van der Waals surface area contributed by atoms with E-state index in [0.717, 1.165) is 18.3 Å². The highest BCUT2D eigenvalue weighted by atomic mass is 16.1. The molecule has 1 spiro atoms. The van der Waals surface area contributed by atoms with E-state index in [4.69, 9.17) is 0 Å². The smallest absolute Gasteiger partial charge is 0.136 e. The van der Waals surface area contributed by atoms with Crippen molar-refractivity contribution in [3.63, 3.8) is 0 Å². The molecule has 3 rings (SSSR count). The molecule has 3 aliphatic rings. The molecule has 3 aliphatic carbocycles. The Labute approximate surface area is 99.0 Å². The monoisotopic (exact) mass is 220 g/mol. The zero-order valence-electron chi connectivity index (χ0n) is 11.0. The second-order valence-electron chi connectivity index (χ2n) is 7.33. The molecule has 0 heterocycles. The van der Waals surface area contributed by atoms with Crippen LogP contribution in [-0.2, 0) is 4.79 Å². The highest BCUT2D eigenvalue weighted by Gasteiger charge is 2.66. The van der Waals surface area contributed by atoms with Crippen LogP contribution in [0.5, 0.6) is 0 Å². The van der Waals surface area contributed by atoms with E-state index in [0.29, 0.717) is 28.4 Å². The molecule has 2 bridgehead atoms. The first kappa shape index (κ1) is 10.8. The second-order valence-corrected chi connectivity index (χ2v) is 7.33. The summed E-state index contributed by atoms with van der Waals surface area (Å²) in [6.07, 6.45) is 4.94. The van der Waals surface area contributed by atoms with E-state index in [1.807, 2.05) is 0 Å². The number of ketones is 1. The van der Waals surface area contributed by atoms with Crippen LogP contribution in [0.1, 0.15) is 53.4 Å². The van der Waals surface area contributed by atoms with E-state index in [1.165, 1.54) is 19.3 Å². The van der Waals surface area contributed by atoms with E-state index in [2.05, 4.69) is 27.7 Å². The fraction of sp³-hybridized carbons (Fsp3) is 0.933. The molecule has 0 N–H and O–H groups in total. The molecule has 0 aliphatic heterocycles. The van der Waals surface area contributed by atoms with Gasteiger partial charge in [0.05, 0.1) is 0 Å². The van der Waals surface area contributed by atoms with Gasteiger partial charge in [-0.15, -0.1) is 0 Å². The van der Waals surface area contributed by atoms with Crippen molar-refractivity contribution < 1.29 is 4.79 Å². The Morgan fingerprint density at radius 3 is 2.56 bits per heavy atom. The van der Waals surface area contributed by atoms with Crippen LogP contribution in [0.15, 0.2) is 0 Å². The number of fused-ring (bicyclic) bond motifs is 1. The lowest BCUT2D eigenvalue weighted by Crippen LogP contribution is -2.36. The molecular weight excluding hydrogens is 196 g/mol. The van der Waals surface area contributed by atoms with Crippen molar-refractivity contribution in [3.05, 3.63) is 0 Å². The van der Waals surface area contributed by atoms with Crippen molar-refractivity contribution in [2.45, 2.75) is 53.4 Å². The first-order valence-corrected chi connectivity index (χ1v) is 6.92. The highest BCUT2D eigenvalue weighted by molar-refractivity contribution is 5.83. The van der Waals surface area contributed by atoms with Crippen LogP contribution in [0.2, 0.25) is 0 Å². The van der Waals surface area contributed by atoms with E-state index in [1.54, 1.807) is 0 Å². The minimum Gasteiger partial charge on any atom is -0.299 e. The van der Waals surface area contributed by atoms with Crippen LogP contribution in [0, 0.1) is 34.5 Å². The molecule has 5 atom stereocenters. The number of hydrogen-bond acceptors (Lipinski definition) is 1. The average molecular weight is 220 g/mol. The average Bonchev–Trinajstić information content (AvgIpc) is 2.59. The van der Waals surface area contributed by atoms with E-state index < -0.39 is 0 Å². The summed E-state index contributed by atoms with van der Waals surface area (Å²) >= 11 is 0. The Hall–Kier alpha value is -0.330. The SMILES string of the molecule is CC1C(=O)C[C@@]23CC1C(C)(C)[C@@H]2CC[C@H]3C. The maximum absolute atomic E-state index is 12.2. The summed E-state index contributed by atoms with van der Waals surface area (Å²) in [6.45, 7) is 9.42. The third kappa shape index (κ3) is 1.01. The van der Waals surface area contributed by atoms with Gasteiger partial charge in [0.15, 0.2) is 0 Å². The molecule has 0 radical (unpaired) electrons. The summed E-state index contributed by atoms with van der Waals surface area (Å²) in [5, 5.41) is 0. The van der Waals surface area contributed by atoms with Gasteiger partial charge in [-0.25, -0.2) is 0 Å². The number of carbonyl (C=O) groups excluding carboxylic acids is 1. The van der Waals surface area contributed by atoms with Crippen LogP contribution >= 0.6 is 0 Å². The minimum absolute atomic E-state index is 0.318. The largest absolute Gasteiger partial charge is 0.299 e. The molecule has 1 heteroatoms. The maximum atomic E-state index is 12.2. The summed E-state index contributed by atoms with van der Waals surface area (Å²) in [5.74, 6) is 3.12. The third-order valence-corrected chi connectivity index (χ3v) is 6.63. The molecule has 0 aromatic carbocycles. The molecule has 0 saturated heterocycles. The van der Waals surface area contributed by atoms with Gasteiger partial charge >= 0.3 is 0 Å². The van der Waals surface area contributed by atoms with Gasteiger partial charge in [0.25, 0.3) is 0 Å². The zero-order chi connectivity index (χ0) is 11.7. The van der Waals surface area contributed by atoms with Crippen LogP contribution in [0.3, 0.4) is 0 Å². The molecular formula is C15H24O. The standard InChI is InChI=1S/C15H24O/c1-9-5-6-13-14(3,4)11-7-15(9,13)8-12(16)10(11)2/h9-11,13H,5-8H2,1-4H3/t9-,10?,11?,13+,15-/m1/s1. The molecule has 2 unspecified atom stereocenters. The van der Waals surface area contributed by atoms with E-state index in [9.17, 15) is 4.79 Å². The highest BCUT2D eigenvalue weighted by Crippen LogP contribution is 2.71. The third-order valence-electron chi connectivity index (χ3n) is 6.63. The zero-order valence-corrected chi connectivity index (χ0v) is 11.0. The Morgan fingerprint density at radius 2 is 1.88 bits per heavy atom. The van der Waals surface area contributed by atoms with E-state index in [-0.39, 0.29) is 0 Å². The molecule has 3 fully saturated rings. The molecule has 0 aromatic rings. The quantitative estimate of drug-likeness (QED) is 0.608. The van der Waals surface area contributed by atoms with Crippen LogP contribution in [0.25, 0.3) is 0 Å². The summed E-state index contributed by atoms with van der Waals surface area (Å²) in [5.41, 5.74) is 0.800. The van der Waals surface area contributed by atoms with Gasteiger partial charge in [0.1, 0.15) is 5.78 Å². The normalized spacial score (nSPS) is 54.1. The van der Waals surface area contributed by atoms with Gasteiger partial charge in [0.2, 0.25) is 0 Å². The lowest BCUT2D eigenvalue weighted by molar-refractivity contribution is -0.130. The molecule has 16 heavy (non-hydrogen) atoms. The molecule has 3 saturated carbocycles. The lowest BCUT2D eigenvalue weighted by Gasteiger charge is -2.38. The van der Waals surface area contributed by atoms with Crippen molar-refractivity contribution in [2.24, 2.45) is 34.5 Å². The minimum atomic E-state index is 0.318. The molecule has 0 amide bonds. The fourth-order valence-electron chi connectivity index (χ4n) is 5.62. The summed E-state index contributed by atoms with van der Waals surface area (Å²) in [7, 11) is 0. The molecule has 1 nitrogen and oxygen atoms in total. The Kier molecular flexibility index (Phi) is 1.97. The molecule has 0 aromatic heterocycles. The summed E-state index contributed by atoms with van der Waals surface area (Å²) in [4.78, 5) is 12.2. The Morgan fingerprint density at radius 1 is 1.19 bits per heavy atom. The van der Waals surface area contributed by atoms with Gasteiger partial charge in [-0.3, -0.25) is 4.79 Å². The van der Waals surface area contributed by atoms with Gasteiger partial charge < -0.3 is 0 Å². The predicted molar refractivity (Wildman–Crippen MR) is 65.0 cm³/mol. The summed E-state index contributed by atoms with van der Waals surface area (Å²) in [6, 6.07) is 0. The van der Waals surface area contributed by atoms with Crippen molar-refractivity contribution in [2.75, 3.05) is 0 Å².